The Morgan fingerprint density at radius 1 is 1.15 bits per heavy atom. The Morgan fingerprint density at radius 3 is 2.31 bits per heavy atom. The summed E-state index contributed by atoms with van der Waals surface area (Å²) in [6, 6.07) is 0. The molecule has 0 aromatic heterocycles. The molecule has 0 bridgehead atoms. The van der Waals surface area contributed by atoms with Crippen LogP contribution in [-0.2, 0) is 4.79 Å². The van der Waals surface area contributed by atoms with Gasteiger partial charge >= 0.3 is 0 Å². The van der Waals surface area contributed by atoms with Gasteiger partial charge < -0.3 is 4.79 Å². The molecule has 0 aromatic carbocycles. The molecule has 1 heteroatoms. The van der Waals surface area contributed by atoms with Gasteiger partial charge in [0.15, 0.2) is 0 Å². The van der Waals surface area contributed by atoms with Gasteiger partial charge in [0.05, 0.1) is 0 Å². The minimum absolute atomic E-state index is 0.136. The molecule has 0 heterocycles. The summed E-state index contributed by atoms with van der Waals surface area (Å²) in [5.41, 5.74) is 0.926. The second-order valence-electron chi connectivity index (χ2n) is 5.65. The van der Waals surface area contributed by atoms with Crippen molar-refractivity contribution in [2.24, 2.45) is 16.7 Å². The normalized spacial score (nSPS) is 37.7. The van der Waals surface area contributed by atoms with Crippen LogP contribution in [0.4, 0.5) is 0 Å². The molecule has 1 nitrogen and oxygen atoms in total. The van der Waals surface area contributed by atoms with Gasteiger partial charge in [0.2, 0.25) is 0 Å². The molecule has 1 atom stereocenters. The molecule has 0 N–H and O–H groups in total. The van der Waals surface area contributed by atoms with Gasteiger partial charge in [0.1, 0.15) is 6.29 Å². The van der Waals surface area contributed by atoms with Crippen molar-refractivity contribution in [3.05, 3.63) is 0 Å². The molecule has 13 heavy (non-hydrogen) atoms. The van der Waals surface area contributed by atoms with Crippen LogP contribution < -0.4 is 0 Å². The van der Waals surface area contributed by atoms with Crippen molar-refractivity contribution in [1.29, 1.82) is 0 Å². The third-order valence-electron chi connectivity index (χ3n) is 4.75. The van der Waals surface area contributed by atoms with Gasteiger partial charge in [-0.2, -0.15) is 0 Å². The second-order valence-corrected chi connectivity index (χ2v) is 5.65. The molecule has 3 rings (SSSR count). The Hall–Kier alpha value is -0.330. The molecule has 3 fully saturated rings. The fraction of sp³-hybridized carbons (Fsp3) is 0.917. The predicted molar refractivity (Wildman–Crippen MR) is 51.4 cm³/mol. The van der Waals surface area contributed by atoms with Crippen LogP contribution in [0.25, 0.3) is 0 Å². The van der Waals surface area contributed by atoms with Crippen LogP contribution >= 0.6 is 0 Å². The summed E-state index contributed by atoms with van der Waals surface area (Å²) < 4.78 is 0. The number of hydrogen-bond donors (Lipinski definition) is 0. The second kappa shape index (κ2) is 2.37. The summed E-state index contributed by atoms with van der Waals surface area (Å²) in [5, 5.41) is 0. The zero-order valence-electron chi connectivity index (χ0n) is 8.22. The maximum absolute atomic E-state index is 11.1. The largest absolute Gasteiger partial charge is 0.303 e. The van der Waals surface area contributed by atoms with E-state index in [1.807, 2.05) is 0 Å². The lowest BCUT2D eigenvalue weighted by Crippen LogP contribution is -2.19. The van der Waals surface area contributed by atoms with Crippen molar-refractivity contribution < 1.29 is 4.79 Å². The van der Waals surface area contributed by atoms with Crippen LogP contribution in [0.3, 0.4) is 0 Å². The third-order valence-corrected chi connectivity index (χ3v) is 4.75. The molecule has 0 aliphatic heterocycles. The lowest BCUT2D eigenvalue weighted by atomic mass is 9.82. The maximum Gasteiger partial charge on any atom is 0.126 e. The van der Waals surface area contributed by atoms with E-state index in [2.05, 4.69) is 0 Å². The first-order valence-electron chi connectivity index (χ1n) is 5.75. The molecular weight excluding hydrogens is 160 g/mol. The zero-order chi connectivity index (χ0) is 8.94. The Morgan fingerprint density at radius 2 is 1.85 bits per heavy atom. The van der Waals surface area contributed by atoms with Gasteiger partial charge in [-0.1, -0.05) is 12.8 Å². The average molecular weight is 178 g/mol. The molecule has 72 valence electrons. The number of rotatable bonds is 3. The highest BCUT2D eigenvalue weighted by Crippen LogP contribution is 2.73. The van der Waals surface area contributed by atoms with Crippen LogP contribution in [0.15, 0.2) is 0 Å². The minimum Gasteiger partial charge on any atom is -0.303 e. The average Bonchev–Trinajstić information content (AvgIpc) is 3.00. The Balaban J connectivity index is 1.65. The predicted octanol–water partition coefficient (Wildman–Crippen LogP) is 2.94. The van der Waals surface area contributed by atoms with E-state index in [0.717, 1.165) is 11.3 Å². The fourth-order valence-electron chi connectivity index (χ4n) is 3.43. The molecule has 1 unspecified atom stereocenters. The maximum atomic E-state index is 11.1. The standard InChI is InChI=1S/C12H18O/c13-9-11(3-1-2-4-11)7-10-8-12(10)5-6-12/h9-10H,1-8H2. The topological polar surface area (TPSA) is 17.1 Å². The SMILES string of the molecule is O=CC1(CC2CC23CC3)CCCC1. The summed E-state index contributed by atoms with van der Waals surface area (Å²) in [4.78, 5) is 11.1. The van der Waals surface area contributed by atoms with E-state index in [-0.39, 0.29) is 5.41 Å². The Bertz CT molecular complexity index is 234. The van der Waals surface area contributed by atoms with Crippen molar-refractivity contribution >= 4 is 6.29 Å². The quantitative estimate of drug-likeness (QED) is 0.607. The van der Waals surface area contributed by atoms with E-state index < -0.39 is 0 Å². The summed E-state index contributed by atoms with van der Waals surface area (Å²) >= 11 is 0. The molecular formula is C12H18O. The first kappa shape index (κ1) is 8.02. The van der Waals surface area contributed by atoms with E-state index in [0.29, 0.717) is 0 Å². The van der Waals surface area contributed by atoms with Crippen molar-refractivity contribution in [2.75, 3.05) is 0 Å². The zero-order valence-corrected chi connectivity index (χ0v) is 8.22. The highest BCUT2D eigenvalue weighted by atomic mass is 16.1. The van der Waals surface area contributed by atoms with Gasteiger partial charge in [-0.25, -0.2) is 0 Å². The van der Waals surface area contributed by atoms with E-state index in [4.69, 9.17) is 0 Å². The number of hydrogen-bond acceptors (Lipinski definition) is 1. The van der Waals surface area contributed by atoms with Gasteiger partial charge in [-0.15, -0.1) is 0 Å². The van der Waals surface area contributed by atoms with Crippen molar-refractivity contribution in [3.8, 4) is 0 Å². The van der Waals surface area contributed by atoms with Crippen molar-refractivity contribution in [1.82, 2.24) is 0 Å². The molecule has 3 aliphatic rings. The van der Waals surface area contributed by atoms with E-state index in [1.165, 1.54) is 57.7 Å². The monoisotopic (exact) mass is 178 g/mol. The van der Waals surface area contributed by atoms with Crippen LogP contribution in [0, 0.1) is 16.7 Å². The molecule has 3 saturated carbocycles. The van der Waals surface area contributed by atoms with Crippen molar-refractivity contribution in [2.45, 2.75) is 51.4 Å². The van der Waals surface area contributed by atoms with E-state index in [1.54, 1.807) is 0 Å². The summed E-state index contributed by atoms with van der Waals surface area (Å²) in [7, 11) is 0. The van der Waals surface area contributed by atoms with Gasteiger partial charge in [0, 0.05) is 5.41 Å². The number of carbonyl (C=O) groups excluding carboxylic acids is 1. The van der Waals surface area contributed by atoms with Crippen LogP contribution in [-0.4, -0.2) is 6.29 Å². The summed E-state index contributed by atoms with van der Waals surface area (Å²) in [6.45, 7) is 0. The van der Waals surface area contributed by atoms with Crippen molar-refractivity contribution in [3.63, 3.8) is 0 Å². The molecule has 0 amide bonds. The summed E-state index contributed by atoms with van der Waals surface area (Å²) in [6.07, 6.45) is 11.8. The summed E-state index contributed by atoms with van der Waals surface area (Å²) in [5.74, 6) is 0.941. The van der Waals surface area contributed by atoms with Crippen LogP contribution in [0.1, 0.15) is 51.4 Å². The number of carbonyl (C=O) groups is 1. The Kier molecular flexibility index (Phi) is 1.46. The van der Waals surface area contributed by atoms with Gasteiger partial charge in [-0.05, 0) is 49.9 Å². The van der Waals surface area contributed by atoms with Crippen LogP contribution in [0.5, 0.6) is 0 Å². The third kappa shape index (κ3) is 1.16. The first-order valence-corrected chi connectivity index (χ1v) is 5.75. The molecule has 0 aromatic rings. The van der Waals surface area contributed by atoms with E-state index in [9.17, 15) is 4.79 Å². The van der Waals surface area contributed by atoms with E-state index >= 15 is 0 Å². The molecule has 0 saturated heterocycles. The number of aldehydes is 1. The Labute approximate surface area is 79.9 Å². The van der Waals surface area contributed by atoms with Gasteiger partial charge in [0.25, 0.3) is 0 Å². The highest BCUT2D eigenvalue weighted by Gasteiger charge is 2.63. The molecule has 1 spiro atoms. The first-order chi connectivity index (χ1) is 6.29. The smallest absolute Gasteiger partial charge is 0.126 e. The highest BCUT2D eigenvalue weighted by molar-refractivity contribution is 5.60. The molecule has 3 aliphatic carbocycles. The lowest BCUT2D eigenvalue weighted by Gasteiger charge is -2.21. The molecule has 0 radical (unpaired) electrons. The lowest BCUT2D eigenvalue weighted by molar-refractivity contribution is -0.116. The van der Waals surface area contributed by atoms with Crippen LogP contribution in [0.2, 0.25) is 0 Å². The minimum atomic E-state index is 0.136. The van der Waals surface area contributed by atoms with Gasteiger partial charge in [-0.3, -0.25) is 0 Å². The fourth-order valence-corrected chi connectivity index (χ4v) is 3.43.